The van der Waals surface area contributed by atoms with E-state index in [2.05, 4.69) is 0 Å². The molecule has 12 heteroatoms. The molecular formula is C40H28Cl4O8. The second kappa shape index (κ2) is 18.4. The molecule has 0 spiro atoms. The molecule has 0 amide bonds. The molecule has 0 aromatic heterocycles. The SMILES string of the molecule is O=C(OCc1cccc(Cl)c1)C(C(=O)OCc1cccc(Cl)c1)=c1ccc(=C(C(=O)OCc2cccc(Cl)c2)C(=O)OCc2cccc(Cl)c2)cc1. The maximum Gasteiger partial charge on any atom is 0.346 e. The van der Waals surface area contributed by atoms with Crippen LogP contribution >= 0.6 is 46.4 Å². The third kappa shape index (κ3) is 10.9. The lowest BCUT2D eigenvalue weighted by Crippen LogP contribution is -2.28. The first-order chi connectivity index (χ1) is 25.0. The van der Waals surface area contributed by atoms with Crippen molar-refractivity contribution in [2.75, 3.05) is 0 Å². The van der Waals surface area contributed by atoms with Gasteiger partial charge in [-0.1, -0.05) is 119 Å². The number of hydrogen-bond acceptors (Lipinski definition) is 8. The Morgan fingerprint density at radius 2 is 0.596 bits per heavy atom. The molecule has 0 unspecified atom stereocenters. The molecule has 0 aliphatic heterocycles. The molecule has 0 aliphatic carbocycles. The highest BCUT2D eigenvalue weighted by Crippen LogP contribution is 2.17. The molecule has 5 aromatic rings. The molecular weight excluding hydrogens is 750 g/mol. The van der Waals surface area contributed by atoms with Crippen LogP contribution in [0.2, 0.25) is 20.1 Å². The summed E-state index contributed by atoms with van der Waals surface area (Å²) in [5.74, 6) is -3.91. The van der Waals surface area contributed by atoms with E-state index in [-0.39, 0.29) is 36.9 Å². The van der Waals surface area contributed by atoms with Gasteiger partial charge in [-0.05, 0) is 81.2 Å². The van der Waals surface area contributed by atoms with Crippen LogP contribution in [0.5, 0.6) is 0 Å². The fourth-order valence-electron chi connectivity index (χ4n) is 4.83. The summed E-state index contributed by atoms with van der Waals surface area (Å²) in [4.78, 5) is 53.8. The van der Waals surface area contributed by atoms with E-state index in [0.717, 1.165) is 0 Å². The van der Waals surface area contributed by atoms with Gasteiger partial charge in [-0.15, -0.1) is 0 Å². The van der Waals surface area contributed by atoms with Gasteiger partial charge in [0, 0.05) is 20.1 Å². The molecule has 0 radical (unpaired) electrons. The zero-order valence-corrected chi connectivity index (χ0v) is 30.2. The van der Waals surface area contributed by atoms with Crippen molar-refractivity contribution in [2.24, 2.45) is 0 Å². The first-order valence-electron chi connectivity index (χ1n) is 15.6. The summed E-state index contributed by atoms with van der Waals surface area (Å²) in [5.41, 5.74) is 1.52. The molecule has 5 rings (SSSR count). The van der Waals surface area contributed by atoms with Crippen LogP contribution in [0.4, 0.5) is 0 Å². The highest BCUT2D eigenvalue weighted by molar-refractivity contribution is 6.37. The third-order valence-corrected chi connectivity index (χ3v) is 8.25. The molecule has 0 heterocycles. The quantitative estimate of drug-likeness (QED) is 0.0726. The molecule has 5 aromatic carbocycles. The van der Waals surface area contributed by atoms with Gasteiger partial charge >= 0.3 is 23.9 Å². The normalized spacial score (nSPS) is 10.5. The Morgan fingerprint density at radius 3 is 0.808 bits per heavy atom. The highest BCUT2D eigenvalue weighted by atomic mass is 35.5. The minimum atomic E-state index is -0.977. The average molecular weight is 778 g/mol. The Bertz CT molecular complexity index is 1940. The zero-order valence-electron chi connectivity index (χ0n) is 27.2. The van der Waals surface area contributed by atoms with E-state index in [1.165, 1.54) is 24.3 Å². The van der Waals surface area contributed by atoms with E-state index < -0.39 is 35.0 Å². The van der Waals surface area contributed by atoms with E-state index in [4.69, 9.17) is 65.4 Å². The molecule has 0 N–H and O–H groups in total. The lowest BCUT2D eigenvalue weighted by Gasteiger charge is -2.11. The van der Waals surface area contributed by atoms with Gasteiger partial charge < -0.3 is 18.9 Å². The predicted molar refractivity (Wildman–Crippen MR) is 197 cm³/mol. The fourth-order valence-corrected chi connectivity index (χ4v) is 5.68. The van der Waals surface area contributed by atoms with E-state index in [1.54, 1.807) is 97.1 Å². The Labute approximate surface area is 318 Å². The maximum atomic E-state index is 13.4. The molecule has 264 valence electrons. The van der Waals surface area contributed by atoms with Crippen LogP contribution in [0.3, 0.4) is 0 Å². The monoisotopic (exact) mass is 776 g/mol. The van der Waals surface area contributed by atoms with Gasteiger partial charge in [0.15, 0.2) is 11.1 Å². The van der Waals surface area contributed by atoms with E-state index in [9.17, 15) is 19.2 Å². The van der Waals surface area contributed by atoms with E-state index in [1.807, 2.05) is 0 Å². The van der Waals surface area contributed by atoms with Crippen molar-refractivity contribution in [1.29, 1.82) is 0 Å². The van der Waals surface area contributed by atoms with Crippen LogP contribution in [0, 0.1) is 0 Å². The number of rotatable bonds is 12. The number of carbonyl (C=O) groups is 4. The zero-order chi connectivity index (χ0) is 37.0. The molecule has 0 saturated carbocycles. The fraction of sp³-hybridized carbons (Fsp3) is 0.100. The number of benzene rings is 5. The minimum Gasteiger partial charge on any atom is -0.457 e. The molecule has 8 nitrogen and oxygen atoms in total. The molecule has 0 saturated heterocycles. The van der Waals surface area contributed by atoms with Crippen LogP contribution in [0.1, 0.15) is 22.3 Å². The second-order valence-electron chi connectivity index (χ2n) is 11.2. The van der Waals surface area contributed by atoms with Crippen molar-refractivity contribution >= 4 is 81.4 Å². The molecule has 0 atom stereocenters. The van der Waals surface area contributed by atoms with Gasteiger partial charge in [-0.3, -0.25) is 0 Å². The van der Waals surface area contributed by atoms with Gasteiger partial charge in [0.1, 0.15) is 26.4 Å². The number of esters is 4. The van der Waals surface area contributed by atoms with Crippen molar-refractivity contribution in [2.45, 2.75) is 26.4 Å². The smallest absolute Gasteiger partial charge is 0.346 e. The summed E-state index contributed by atoms with van der Waals surface area (Å²) in [5, 5.41) is 1.96. The first kappa shape index (κ1) is 38.1. The largest absolute Gasteiger partial charge is 0.457 e. The van der Waals surface area contributed by atoms with Crippen molar-refractivity contribution in [1.82, 2.24) is 0 Å². The van der Waals surface area contributed by atoms with Crippen molar-refractivity contribution in [3.8, 4) is 0 Å². The van der Waals surface area contributed by atoms with E-state index >= 15 is 0 Å². The predicted octanol–water partition coefficient (Wildman–Crippen LogP) is 7.58. The Kier molecular flexibility index (Phi) is 13.5. The maximum absolute atomic E-state index is 13.4. The number of carbonyl (C=O) groups excluding carboxylic acids is 4. The van der Waals surface area contributed by atoms with Crippen LogP contribution in [0.15, 0.2) is 121 Å². The van der Waals surface area contributed by atoms with Gasteiger partial charge in [0.05, 0.1) is 0 Å². The molecule has 0 bridgehead atoms. The third-order valence-electron chi connectivity index (χ3n) is 7.31. The topological polar surface area (TPSA) is 105 Å². The van der Waals surface area contributed by atoms with Crippen LogP contribution in [-0.4, -0.2) is 23.9 Å². The van der Waals surface area contributed by atoms with Crippen LogP contribution in [-0.2, 0) is 64.6 Å². The van der Waals surface area contributed by atoms with Crippen molar-refractivity contribution in [3.63, 3.8) is 0 Å². The first-order valence-corrected chi connectivity index (χ1v) is 17.1. The summed E-state index contributed by atoms with van der Waals surface area (Å²) < 4.78 is 21.9. The summed E-state index contributed by atoms with van der Waals surface area (Å²) in [7, 11) is 0. The number of halogens is 4. The Balaban J connectivity index is 1.49. The van der Waals surface area contributed by atoms with Crippen molar-refractivity contribution in [3.05, 3.63) is 174 Å². The van der Waals surface area contributed by atoms with Crippen LogP contribution in [0.25, 0.3) is 11.1 Å². The highest BCUT2D eigenvalue weighted by Gasteiger charge is 2.25. The second-order valence-corrected chi connectivity index (χ2v) is 12.9. The average Bonchev–Trinajstić information content (AvgIpc) is 3.12. The van der Waals surface area contributed by atoms with Gasteiger partial charge in [0.25, 0.3) is 0 Å². The standard InChI is InChI=1S/C40H28Cl4O8/c41-31-9-1-5-25(17-31)21-49-37(45)35(38(46)50-22-26-6-2-10-32(42)18-26)29-13-15-30(16-14-29)36(39(47)51-23-27-7-3-11-33(43)19-27)40(48)52-24-28-8-4-12-34(44)20-28/h1-20H,21-24H2. The molecule has 0 fully saturated rings. The van der Waals surface area contributed by atoms with Crippen LogP contribution < -0.4 is 10.4 Å². The van der Waals surface area contributed by atoms with Gasteiger partial charge in [-0.25, -0.2) is 19.2 Å². The van der Waals surface area contributed by atoms with E-state index in [0.29, 0.717) is 42.3 Å². The summed E-state index contributed by atoms with van der Waals surface area (Å²) >= 11 is 24.3. The summed E-state index contributed by atoms with van der Waals surface area (Å²) in [6, 6.07) is 32.3. The molecule has 0 aliphatic rings. The minimum absolute atomic E-state index is 0.0925. The number of ether oxygens (including phenoxy) is 4. The van der Waals surface area contributed by atoms with Crippen molar-refractivity contribution < 1.29 is 38.1 Å². The van der Waals surface area contributed by atoms with Gasteiger partial charge in [0.2, 0.25) is 0 Å². The summed E-state index contributed by atoms with van der Waals surface area (Å²) in [6.07, 6.45) is 0. The lowest BCUT2D eigenvalue weighted by molar-refractivity contribution is -0.146. The Hall–Kier alpha value is -5.12. The number of hydrogen-bond donors (Lipinski definition) is 0. The van der Waals surface area contributed by atoms with Gasteiger partial charge in [-0.2, -0.15) is 0 Å². The lowest BCUT2D eigenvalue weighted by atomic mass is 10.1. The summed E-state index contributed by atoms with van der Waals surface area (Å²) in [6.45, 7) is -0.732. The molecule has 52 heavy (non-hydrogen) atoms. The Morgan fingerprint density at radius 1 is 0.365 bits per heavy atom.